The van der Waals surface area contributed by atoms with Gasteiger partial charge in [-0.25, -0.2) is 4.98 Å². The Morgan fingerprint density at radius 2 is 1.94 bits per heavy atom. The van der Waals surface area contributed by atoms with Crippen LogP contribution < -0.4 is 10.1 Å². The summed E-state index contributed by atoms with van der Waals surface area (Å²) in [7, 11) is 0. The normalized spacial score (nSPS) is 17.2. The summed E-state index contributed by atoms with van der Waals surface area (Å²) in [5.74, 6) is 0.411. The van der Waals surface area contributed by atoms with E-state index in [2.05, 4.69) is 15.5 Å². The van der Waals surface area contributed by atoms with E-state index in [1.807, 2.05) is 27.7 Å². The van der Waals surface area contributed by atoms with E-state index in [1.165, 1.54) is 0 Å². The van der Waals surface area contributed by atoms with Crippen LogP contribution in [0.3, 0.4) is 0 Å². The van der Waals surface area contributed by atoms with Gasteiger partial charge in [0.15, 0.2) is 6.61 Å². The predicted octanol–water partition coefficient (Wildman–Crippen LogP) is 5.03. The molecule has 172 valence electrons. The highest BCUT2D eigenvalue weighted by atomic mass is 19.4. The molecule has 1 atom stereocenters. The van der Waals surface area contributed by atoms with Gasteiger partial charge in [0.1, 0.15) is 11.4 Å². The average Bonchev–Trinajstić information content (AvgIpc) is 3.37. The number of pyridine rings is 1. The molecule has 2 aromatic heterocycles. The maximum Gasteiger partial charge on any atom is 0.422 e. The van der Waals surface area contributed by atoms with Crippen LogP contribution in [0.5, 0.6) is 5.75 Å². The molecule has 1 aromatic carbocycles. The third-order valence-electron chi connectivity index (χ3n) is 5.21. The van der Waals surface area contributed by atoms with Crippen molar-refractivity contribution in [3.63, 3.8) is 0 Å². The van der Waals surface area contributed by atoms with E-state index < -0.39 is 18.2 Å². The summed E-state index contributed by atoms with van der Waals surface area (Å²) < 4.78 is 54.1. The molecule has 1 N–H and O–H groups in total. The number of nitrogens with zero attached hydrogens (tertiary/aromatic N) is 3. The Kier molecular flexibility index (Phi) is 5.74. The first kappa shape index (κ1) is 22.3. The zero-order valence-corrected chi connectivity index (χ0v) is 18.3. The highest BCUT2D eigenvalue weighted by Gasteiger charge is 2.29. The molecule has 1 fully saturated rings. The molecule has 32 heavy (non-hydrogen) atoms. The molecule has 10 heteroatoms. The van der Waals surface area contributed by atoms with Crippen LogP contribution in [0.4, 0.5) is 19.2 Å². The van der Waals surface area contributed by atoms with Crippen LogP contribution in [0.2, 0.25) is 0 Å². The molecule has 4 rings (SSSR count). The molecule has 0 amide bonds. The molecule has 1 aliphatic rings. The van der Waals surface area contributed by atoms with Crippen molar-refractivity contribution in [2.24, 2.45) is 0 Å². The summed E-state index contributed by atoms with van der Waals surface area (Å²) in [5.41, 5.74) is 2.33. The second kappa shape index (κ2) is 8.23. The highest BCUT2D eigenvalue weighted by Crippen LogP contribution is 2.36. The summed E-state index contributed by atoms with van der Waals surface area (Å²) in [6.07, 6.45) is -3.55. The number of fused-ring (bicyclic) bond motifs is 1. The van der Waals surface area contributed by atoms with E-state index >= 15 is 0 Å². The fourth-order valence-corrected chi connectivity index (χ4v) is 3.60. The molecule has 0 spiro atoms. The minimum absolute atomic E-state index is 0.122. The zero-order valence-electron chi connectivity index (χ0n) is 18.3. The number of benzene rings is 1. The molecule has 0 saturated carbocycles. The van der Waals surface area contributed by atoms with Crippen LogP contribution in [0.25, 0.3) is 22.5 Å². The van der Waals surface area contributed by atoms with Crippen LogP contribution in [-0.2, 0) is 10.2 Å². The van der Waals surface area contributed by atoms with E-state index in [1.54, 1.807) is 18.2 Å². The van der Waals surface area contributed by atoms with Gasteiger partial charge >= 0.3 is 12.2 Å². The van der Waals surface area contributed by atoms with Crippen LogP contribution >= 0.6 is 0 Å². The fraction of sp³-hybridized carbons (Fsp3) is 0.500. The van der Waals surface area contributed by atoms with Crippen molar-refractivity contribution in [3.8, 4) is 17.3 Å². The quantitative estimate of drug-likeness (QED) is 0.584. The first-order valence-electron chi connectivity index (χ1n) is 10.3. The molecule has 1 saturated heterocycles. The van der Waals surface area contributed by atoms with E-state index in [4.69, 9.17) is 18.9 Å². The predicted molar refractivity (Wildman–Crippen MR) is 113 cm³/mol. The number of halogens is 3. The van der Waals surface area contributed by atoms with E-state index in [-0.39, 0.29) is 17.7 Å². The van der Waals surface area contributed by atoms with E-state index in [0.717, 1.165) is 17.5 Å². The second-order valence-electron chi connectivity index (χ2n) is 8.96. The van der Waals surface area contributed by atoms with Crippen molar-refractivity contribution in [3.05, 3.63) is 29.3 Å². The Balaban J connectivity index is 1.72. The number of rotatable bonds is 5. The van der Waals surface area contributed by atoms with Gasteiger partial charge in [0.25, 0.3) is 5.89 Å². The number of aryl methyl sites for hydroxylation is 1. The molecule has 3 aromatic rings. The minimum atomic E-state index is -4.41. The summed E-state index contributed by atoms with van der Waals surface area (Å²) in [4.78, 5) is 4.74. The van der Waals surface area contributed by atoms with Crippen molar-refractivity contribution in [1.29, 1.82) is 0 Å². The smallest absolute Gasteiger partial charge is 0.422 e. The standard InChI is InChI=1S/C22H25F3N4O3/c1-12-7-17(19-28-29-20(32-19)26-13-5-6-30-10-13)27-18-15(12)8-14(31-11-22(23,24)25)9-16(18)21(2,3)4/h7-9,13H,5-6,10-11H2,1-4H3,(H,26,29). The summed E-state index contributed by atoms with van der Waals surface area (Å²) in [6, 6.07) is 5.39. The van der Waals surface area contributed by atoms with Gasteiger partial charge in [0.2, 0.25) is 0 Å². The third-order valence-corrected chi connectivity index (χ3v) is 5.21. The van der Waals surface area contributed by atoms with Gasteiger partial charge < -0.3 is 19.2 Å². The van der Waals surface area contributed by atoms with Crippen molar-refractivity contribution in [2.75, 3.05) is 25.1 Å². The van der Waals surface area contributed by atoms with Crippen LogP contribution in [0, 0.1) is 6.92 Å². The fourth-order valence-electron chi connectivity index (χ4n) is 3.60. The monoisotopic (exact) mass is 450 g/mol. The molecule has 1 aliphatic heterocycles. The summed E-state index contributed by atoms with van der Waals surface area (Å²) in [5, 5.41) is 12.0. The lowest BCUT2D eigenvalue weighted by Gasteiger charge is -2.23. The lowest BCUT2D eigenvalue weighted by atomic mass is 9.84. The van der Waals surface area contributed by atoms with Crippen LogP contribution in [-0.4, -0.2) is 47.2 Å². The average molecular weight is 450 g/mol. The van der Waals surface area contributed by atoms with Gasteiger partial charge in [-0.05, 0) is 48.1 Å². The lowest BCUT2D eigenvalue weighted by molar-refractivity contribution is -0.153. The van der Waals surface area contributed by atoms with Gasteiger partial charge in [-0.3, -0.25) is 0 Å². The van der Waals surface area contributed by atoms with Crippen molar-refractivity contribution in [2.45, 2.75) is 51.7 Å². The van der Waals surface area contributed by atoms with Crippen LogP contribution in [0.15, 0.2) is 22.6 Å². The summed E-state index contributed by atoms with van der Waals surface area (Å²) in [6.45, 7) is 7.69. The number of hydrogen-bond acceptors (Lipinski definition) is 7. The maximum absolute atomic E-state index is 12.7. The largest absolute Gasteiger partial charge is 0.484 e. The Morgan fingerprint density at radius 3 is 2.59 bits per heavy atom. The number of hydrogen-bond donors (Lipinski definition) is 1. The number of ether oxygens (including phenoxy) is 2. The minimum Gasteiger partial charge on any atom is -0.484 e. The molecule has 0 bridgehead atoms. The summed E-state index contributed by atoms with van der Waals surface area (Å²) >= 11 is 0. The first-order chi connectivity index (χ1) is 15.0. The Morgan fingerprint density at radius 1 is 1.16 bits per heavy atom. The van der Waals surface area contributed by atoms with Crippen molar-refractivity contribution in [1.82, 2.24) is 15.2 Å². The number of alkyl halides is 3. The Labute approximate surface area is 183 Å². The van der Waals surface area contributed by atoms with Crippen LogP contribution in [0.1, 0.15) is 38.3 Å². The Bertz CT molecular complexity index is 1120. The molecular formula is C22H25F3N4O3. The third kappa shape index (κ3) is 4.95. The van der Waals surface area contributed by atoms with E-state index in [9.17, 15) is 13.2 Å². The molecule has 0 radical (unpaired) electrons. The first-order valence-corrected chi connectivity index (χ1v) is 10.3. The zero-order chi connectivity index (χ0) is 23.1. The van der Waals surface area contributed by atoms with Crippen molar-refractivity contribution < 1.29 is 27.1 Å². The topological polar surface area (TPSA) is 82.3 Å². The highest BCUT2D eigenvalue weighted by molar-refractivity contribution is 5.89. The molecule has 1 unspecified atom stereocenters. The SMILES string of the molecule is Cc1cc(-c2nnc(NC3CCOC3)o2)nc2c(C(C)(C)C)cc(OCC(F)(F)F)cc12. The van der Waals surface area contributed by atoms with E-state index in [0.29, 0.717) is 35.8 Å². The second-order valence-corrected chi connectivity index (χ2v) is 8.96. The number of nitrogens with one attached hydrogen (secondary N) is 1. The lowest BCUT2D eigenvalue weighted by Crippen LogP contribution is -2.20. The van der Waals surface area contributed by atoms with Gasteiger partial charge in [-0.2, -0.15) is 13.2 Å². The van der Waals surface area contributed by atoms with Gasteiger partial charge in [-0.1, -0.05) is 25.9 Å². The molecule has 0 aliphatic carbocycles. The molecule has 3 heterocycles. The van der Waals surface area contributed by atoms with Gasteiger partial charge in [-0.15, -0.1) is 5.10 Å². The maximum atomic E-state index is 12.7. The number of anilines is 1. The van der Waals surface area contributed by atoms with Gasteiger partial charge in [0, 0.05) is 12.0 Å². The molecular weight excluding hydrogens is 425 g/mol. The molecule has 7 nitrogen and oxygen atoms in total. The number of aromatic nitrogens is 3. The Hall–Kier alpha value is -2.88. The van der Waals surface area contributed by atoms with Crippen molar-refractivity contribution >= 4 is 16.9 Å². The van der Waals surface area contributed by atoms with Gasteiger partial charge in [0.05, 0.1) is 18.2 Å².